The molecule has 1 fully saturated rings. The lowest BCUT2D eigenvalue weighted by Crippen LogP contribution is -1.97. The van der Waals surface area contributed by atoms with Crippen LogP contribution >= 0.6 is 0 Å². The number of nitrogens with zero attached hydrogens (tertiary/aromatic N) is 5. The van der Waals surface area contributed by atoms with E-state index >= 15 is 0 Å². The Balaban J connectivity index is 1.52. The van der Waals surface area contributed by atoms with Crippen molar-refractivity contribution in [2.45, 2.75) is 18.3 Å². The normalized spacial score (nSPS) is 18.6. The smallest absolute Gasteiger partial charge is 0.256 e. The van der Waals surface area contributed by atoms with Gasteiger partial charge in [0.2, 0.25) is 0 Å². The molecule has 3 heterocycles. The van der Waals surface area contributed by atoms with Gasteiger partial charge in [-0.1, -0.05) is 0 Å². The van der Waals surface area contributed by atoms with Crippen LogP contribution in [-0.4, -0.2) is 39.1 Å². The Labute approximate surface area is 145 Å². The lowest BCUT2D eigenvalue weighted by Gasteiger charge is -2.08. The van der Waals surface area contributed by atoms with E-state index in [9.17, 15) is 0 Å². The van der Waals surface area contributed by atoms with Crippen molar-refractivity contribution in [1.82, 2.24) is 24.9 Å². The second-order valence-electron chi connectivity index (χ2n) is 5.84. The molecule has 1 aliphatic carbocycles. The molecule has 0 amide bonds. The van der Waals surface area contributed by atoms with Crippen LogP contribution in [0.2, 0.25) is 0 Å². The Bertz CT molecular complexity index is 870. The zero-order valence-corrected chi connectivity index (χ0v) is 14.0. The van der Waals surface area contributed by atoms with Gasteiger partial charge in [-0.25, -0.2) is 24.9 Å². The van der Waals surface area contributed by atoms with Crippen LogP contribution in [0.1, 0.15) is 29.4 Å². The molecule has 0 spiro atoms. The number of hydrogen-bond donors (Lipinski definition) is 0. The summed E-state index contributed by atoms with van der Waals surface area (Å²) in [6.07, 6.45) is 9.97. The molecule has 2 atom stereocenters. The van der Waals surface area contributed by atoms with E-state index in [1.165, 1.54) is 0 Å². The zero-order valence-electron chi connectivity index (χ0n) is 14.0. The highest BCUT2D eigenvalue weighted by atomic mass is 16.5. The van der Waals surface area contributed by atoms with Gasteiger partial charge >= 0.3 is 0 Å². The third kappa shape index (κ3) is 3.00. The summed E-state index contributed by atoms with van der Waals surface area (Å²) in [5.74, 6) is 3.01. The Morgan fingerprint density at radius 3 is 2.12 bits per heavy atom. The summed E-state index contributed by atoms with van der Waals surface area (Å²) in [6, 6.07) is 3.76. The highest BCUT2D eigenvalue weighted by Gasteiger charge is 2.40. The molecule has 0 aliphatic heterocycles. The molecule has 0 aromatic carbocycles. The van der Waals surface area contributed by atoms with E-state index in [1.54, 1.807) is 32.7 Å². The van der Waals surface area contributed by atoms with Crippen molar-refractivity contribution >= 4 is 0 Å². The lowest BCUT2D eigenvalue weighted by atomic mass is 10.1. The summed E-state index contributed by atoms with van der Waals surface area (Å²) in [5.41, 5.74) is 2.25. The van der Waals surface area contributed by atoms with E-state index in [2.05, 4.69) is 24.9 Å². The summed E-state index contributed by atoms with van der Waals surface area (Å²) in [5, 5.41) is 0. The lowest BCUT2D eigenvalue weighted by molar-refractivity contribution is 0.342. The molecule has 0 N–H and O–H groups in total. The molecule has 1 aliphatic rings. The molecule has 25 heavy (non-hydrogen) atoms. The van der Waals surface area contributed by atoms with E-state index in [0.717, 1.165) is 17.5 Å². The van der Waals surface area contributed by atoms with Crippen LogP contribution in [0.5, 0.6) is 11.6 Å². The first-order chi connectivity index (χ1) is 12.3. The van der Waals surface area contributed by atoms with Crippen molar-refractivity contribution < 1.29 is 9.47 Å². The van der Waals surface area contributed by atoms with Crippen molar-refractivity contribution in [3.63, 3.8) is 0 Å². The van der Waals surface area contributed by atoms with Crippen LogP contribution in [0.15, 0.2) is 43.1 Å². The molecular formula is C18H17N5O2. The summed E-state index contributed by atoms with van der Waals surface area (Å²) < 4.78 is 10.5. The zero-order chi connectivity index (χ0) is 17.2. The molecule has 0 bridgehead atoms. The van der Waals surface area contributed by atoms with Crippen molar-refractivity contribution in [2.75, 3.05) is 14.2 Å². The summed E-state index contributed by atoms with van der Waals surface area (Å²) >= 11 is 0. The number of hydrogen-bond acceptors (Lipinski definition) is 7. The first-order valence-corrected chi connectivity index (χ1v) is 7.97. The molecule has 4 rings (SSSR count). The second kappa shape index (κ2) is 6.43. The quantitative estimate of drug-likeness (QED) is 0.708. The first-order valence-electron chi connectivity index (χ1n) is 7.97. The molecule has 0 radical (unpaired) electrons. The van der Waals surface area contributed by atoms with E-state index in [-0.39, 0.29) is 0 Å². The first kappa shape index (κ1) is 15.4. The van der Waals surface area contributed by atoms with Gasteiger partial charge in [0.25, 0.3) is 5.88 Å². The fourth-order valence-corrected chi connectivity index (χ4v) is 2.94. The standard InChI is InChI=1S/C18H17N5O2/c1-24-15-6-11(8-23-18(15)25-2)13-7-14(13)12-9-21-17(22-10-12)16-19-4-3-5-20-16/h3-6,8-10,13-14H,7H2,1-2H3. The number of ether oxygens (including phenoxy) is 2. The molecule has 1 saturated carbocycles. The Hall–Kier alpha value is -3.09. The van der Waals surface area contributed by atoms with E-state index in [4.69, 9.17) is 9.47 Å². The fraction of sp³-hybridized carbons (Fsp3) is 0.278. The van der Waals surface area contributed by atoms with Gasteiger partial charge in [0.1, 0.15) is 0 Å². The highest BCUT2D eigenvalue weighted by Crippen LogP contribution is 2.55. The maximum absolute atomic E-state index is 5.33. The Kier molecular flexibility index (Phi) is 3.97. The molecule has 7 heteroatoms. The average Bonchev–Trinajstić information content (AvgIpc) is 3.49. The predicted octanol–water partition coefficient (Wildman–Crippen LogP) is 2.62. The molecule has 3 aromatic rings. The van der Waals surface area contributed by atoms with Crippen molar-refractivity contribution in [2.24, 2.45) is 0 Å². The SMILES string of the molecule is COc1cc(C2CC2c2cnc(-c3ncccn3)nc2)cnc1OC. The van der Waals surface area contributed by atoms with Gasteiger partial charge in [0.15, 0.2) is 17.4 Å². The Morgan fingerprint density at radius 2 is 1.44 bits per heavy atom. The Morgan fingerprint density at radius 1 is 0.800 bits per heavy atom. The van der Waals surface area contributed by atoms with Crippen LogP contribution in [0.3, 0.4) is 0 Å². The minimum atomic E-state index is 0.394. The number of aromatic nitrogens is 5. The minimum Gasteiger partial charge on any atom is -0.491 e. The van der Waals surface area contributed by atoms with Gasteiger partial charge in [-0.3, -0.25) is 0 Å². The van der Waals surface area contributed by atoms with Gasteiger partial charge in [-0.05, 0) is 41.5 Å². The van der Waals surface area contributed by atoms with Crippen molar-refractivity contribution in [3.8, 4) is 23.3 Å². The summed E-state index contributed by atoms with van der Waals surface area (Å²) in [7, 11) is 3.20. The number of rotatable bonds is 5. The average molecular weight is 335 g/mol. The van der Waals surface area contributed by atoms with Crippen molar-refractivity contribution in [1.29, 1.82) is 0 Å². The predicted molar refractivity (Wildman–Crippen MR) is 90.5 cm³/mol. The molecule has 2 unspecified atom stereocenters. The largest absolute Gasteiger partial charge is 0.491 e. The third-order valence-electron chi connectivity index (χ3n) is 4.34. The van der Waals surface area contributed by atoms with Gasteiger partial charge in [0, 0.05) is 31.0 Å². The maximum Gasteiger partial charge on any atom is 0.256 e. The van der Waals surface area contributed by atoms with Gasteiger partial charge in [0.05, 0.1) is 14.2 Å². The number of pyridine rings is 1. The highest BCUT2D eigenvalue weighted by molar-refractivity contribution is 5.44. The molecular weight excluding hydrogens is 318 g/mol. The summed E-state index contributed by atoms with van der Waals surface area (Å²) in [4.78, 5) is 21.5. The van der Waals surface area contributed by atoms with Crippen LogP contribution in [0, 0.1) is 0 Å². The van der Waals surface area contributed by atoms with Gasteiger partial charge in [-0.2, -0.15) is 0 Å². The fourth-order valence-electron chi connectivity index (χ4n) is 2.94. The minimum absolute atomic E-state index is 0.394. The monoisotopic (exact) mass is 335 g/mol. The van der Waals surface area contributed by atoms with E-state index in [1.807, 2.05) is 24.7 Å². The summed E-state index contributed by atoms with van der Waals surface area (Å²) in [6.45, 7) is 0. The van der Waals surface area contributed by atoms with Crippen LogP contribution in [0.25, 0.3) is 11.6 Å². The van der Waals surface area contributed by atoms with E-state index < -0.39 is 0 Å². The molecule has 126 valence electrons. The number of methoxy groups -OCH3 is 2. The molecule has 0 saturated heterocycles. The van der Waals surface area contributed by atoms with Crippen molar-refractivity contribution in [3.05, 3.63) is 54.2 Å². The van der Waals surface area contributed by atoms with Gasteiger partial charge in [-0.15, -0.1) is 0 Å². The van der Waals surface area contributed by atoms with Crippen LogP contribution in [-0.2, 0) is 0 Å². The second-order valence-corrected chi connectivity index (χ2v) is 5.84. The third-order valence-corrected chi connectivity index (χ3v) is 4.34. The van der Waals surface area contributed by atoms with Crippen LogP contribution < -0.4 is 9.47 Å². The molecule has 3 aromatic heterocycles. The maximum atomic E-state index is 5.33. The molecule has 7 nitrogen and oxygen atoms in total. The van der Waals surface area contributed by atoms with Crippen LogP contribution in [0.4, 0.5) is 0 Å². The van der Waals surface area contributed by atoms with E-state index in [0.29, 0.717) is 35.1 Å². The topological polar surface area (TPSA) is 82.9 Å². The van der Waals surface area contributed by atoms with Gasteiger partial charge < -0.3 is 9.47 Å².